The molecule has 1 saturated heterocycles. The predicted octanol–water partition coefficient (Wildman–Crippen LogP) is 2.37. The summed E-state index contributed by atoms with van der Waals surface area (Å²) in [6, 6.07) is 3.91. The topological polar surface area (TPSA) is 88.7 Å². The molecule has 0 aromatic heterocycles. The highest BCUT2D eigenvalue weighted by molar-refractivity contribution is 6.30. The second kappa shape index (κ2) is 9.71. The molecular weight excluding hydrogens is 425 g/mol. The quantitative estimate of drug-likeness (QED) is 0.590. The van der Waals surface area contributed by atoms with Gasteiger partial charge >= 0.3 is 0 Å². The number of ether oxygens (including phenoxy) is 2. The van der Waals surface area contributed by atoms with E-state index < -0.39 is 5.82 Å². The molecule has 1 aliphatic heterocycles. The van der Waals surface area contributed by atoms with Crippen LogP contribution in [0.2, 0.25) is 5.02 Å². The second-order valence-electron chi connectivity index (χ2n) is 8.67. The van der Waals surface area contributed by atoms with E-state index in [4.69, 9.17) is 21.1 Å². The van der Waals surface area contributed by atoms with Gasteiger partial charge in [0, 0.05) is 25.3 Å². The molecule has 3 aliphatic rings. The molecule has 2 saturated carbocycles. The van der Waals surface area contributed by atoms with Crippen LogP contribution in [-0.4, -0.2) is 49.9 Å². The minimum atomic E-state index is -0.587. The number of fused-ring (bicyclic) bond motifs is 1. The third-order valence-electron chi connectivity index (χ3n) is 6.81. The summed E-state index contributed by atoms with van der Waals surface area (Å²) in [7, 11) is 1.65. The Morgan fingerprint density at radius 1 is 1.16 bits per heavy atom. The molecule has 31 heavy (non-hydrogen) atoms. The number of piperidine rings is 1. The summed E-state index contributed by atoms with van der Waals surface area (Å²) in [5.74, 6) is 0.183. The first-order chi connectivity index (χ1) is 14.9. The van der Waals surface area contributed by atoms with Crippen molar-refractivity contribution < 1.29 is 23.5 Å². The van der Waals surface area contributed by atoms with E-state index in [-0.39, 0.29) is 53.5 Å². The van der Waals surface area contributed by atoms with E-state index in [2.05, 4.69) is 16.0 Å². The van der Waals surface area contributed by atoms with Crippen LogP contribution < -0.4 is 20.7 Å². The summed E-state index contributed by atoms with van der Waals surface area (Å²) in [4.78, 5) is 25.1. The Balaban J connectivity index is 1.26. The summed E-state index contributed by atoms with van der Waals surface area (Å²) in [5.41, 5.74) is 0. The summed E-state index contributed by atoms with van der Waals surface area (Å²) in [6.07, 6.45) is 5.40. The number of nitrogens with one attached hydrogen (secondary N) is 3. The molecule has 4 rings (SSSR count). The number of carbonyl (C=O) groups is 2. The van der Waals surface area contributed by atoms with Crippen LogP contribution in [-0.2, 0) is 14.3 Å². The van der Waals surface area contributed by atoms with Crippen LogP contribution in [0.5, 0.6) is 5.75 Å². The fourth-order valence-corrected chi connectivity index (χ4v) is 5.16. The zero-order chi connectivity index (χ0) is 22.0. The molecule has 0 radical (unpaired) electrons. The van der Waals surface area contributed by atoms with Crippen LogP contribution in [0.1, 0.15) is 38.5 Å². The van der Waals surface area contributed by atoms with Gasteiger partial charge in [0.05, 0.1) is 11.1 Å². The van der Waals surface area contributed by atoms with Crippen molar-refractivity contribution in [2.45, 2.75) is 62.9 Å². The number of halogens is 2. The third kappa shape index (κ3) is 5.13. The number of methoxy groups -OCH3 is 1. The van der Waals surface area contributed by atoms with E-state index in [1.54, 1.807) is 7.11 Å². The van der Waals surface area contributed by atoms with Gasteiger partial charge in [0.1, 0.15) is 17.8 Å². The fourth-order valence-electron chi connectivity index (χ4n) is 5.04. The van der Waals surface area contributed by atoms with Crippen molar-refractivity contribution in [3.8, 4) is 5.75 Å². The van der Waals surface area contributed by atoms with E-state index in [1.807, 2.05) is 0 Å². The van der Waals surface area contributed by atoms with Crippen LogP contribution >= 0.6 is 11.6 Å². The smallest absolute Gasteiger partial charge is 0.258 e. The average molecular weight is 454 g/mol. The second-order valence-corrected chi connectivity index (χ2v) is 9.08. The minimum absolute atomic E-state index is 0.00744. The van der Waals surface area contributed by atoms with Gasteiger partial charge in [-0.3, -0.25) is 14.9 Å². The number of rotatable bonds is 7. The zero-order valence-electron chi connectivity index (χ0n) is 17.5. The van der Waals surface area contributed by atoms with Crippen molar-refractivity contribution >= 4 is 23.4 Å². The lowest BCUT2D eigenvalue weighted by molar-refractivity contribution is -0.127. The highest BCUT2D eigenvalue weighted by atomic mass is 35.5. The number of hydrogen-bond acceptors (Lipinski definition) is 5. The number of amides is 2. The molecule has 6 atom stereocenters. The Hall–Kier alpha value is -1.90. The van der Waals surface area contributed by atoms with Gasteiger partial charge in [0.15, 0.2) is 6.61 Å². The van der Waals surface area contributed by atoms with Crippen molar-refractivity contribution in [3.63, 3.8) is 0 Å². The Morgan fingerprint density at radius 3 is 2.58 bits per heavy atom. The summed E-state index contributed by atoms with van der Waals surface area (Å²) >= 11 is 5.66. The monoisotopic (exact) mass is 453 g/mol. The molecule has 1 aromatic carbocycles. The van der Waals surface area contributed by atoms with Crippen LogP contribution in [0.15, 0.2) is 18.2 Å². The van der Waals surface area contributed by atoms with Gasteiger partial charge in [-0.25, -0.2) is 4.39 Å². The first-order valence-electron chi connectivity index (χ1n) is 10.9. The number of benzene rings is 1. The molecule has 0 spiro atoms. The third-order valence-corrected chi connectivity index (χ3v) is 7.11. The molecule has 1 heterocycles. The number of hydrogen-bond donors (Lipinski definition) is 3. The van der Waals surface area contributed by atoms with E-state index in [0.717, 1.165) is 38.2 Å². The molecule has 5 unspecified atom stereocenters. The standard InChI is InChI=1S/C22H29ClFN3O4/c1-30-21-4-2-3-17(26-21)22(29)27-19-10-18(13-6-7-14(13)19)25-20(28)11-31-12-5-8-15(23)16(24)9-12/h5,8-9,13-14,17-19,21,26H,2-4,6-7,10-11H2,1H3,(H,25,28)(H,27,29)/t13?,14?,17?,18-,19?,21?/m0/s1. The average Bonchev–Trinajstić information content (AvgIpc) is 2.96. The molecular formula is C22H29ClFN3O4. The van der Waals surface area contributed by atoms with E-state index in [9.17, 15) is 14.0 Å². The Bertz CT molecular complexity index is 826. The lowest BCUT2D eigenvalue weighted by atomic mass is 9.73. The van der Waals surface area contributed by atoms with Crippen molar-refractivity contribution in [1.82, 2.24) is 16.0 Å². The zero-order valence-corrected chi connectivity index (χ0v) is 18.3. The maximum absolute atomic E-state index is 13.5. The lowest BCUT2D eigenvalue weighted by Gasteiger charge is -2.37. The van der Waals surface area contributed by atoms with Gasteiger partial charge < -0.3 is 20.1 Å². The van der Waals surface area contributed by atoms with E-state index in [0.29, 0.717) is 18.3 Å². The first-order valence-corrected chi connectivity index (χ1v) is 11.3. The molecule has 3 fully saturated rings. The molecule has 7 nitrogen and oxygen atoms in total. The van der Waals surface area contributed by atoms with E-state index >= 15 is 0 Å². The van der Waals surface area contributed by atoms with Crippen molar-refractivity contribution in [1.29, 1.82) is 0 Å². The minimum Gasteiger partial charge on any atom is -0.484 e. The summed E-state index contributed by atoms with van der Waals surface area (Å²) in [6.45, 7) is -0.198. The van der Waals surface area contributed by atoms with Crippen molar-refractivity contribution in [2.75, 3.05) is 13.7 Å². The summed E-state index contributed by atoms with van der Waals surface area (Å²) < 4.78 is 24.2. The van der Waals surface area contributed by atoms with Gasteiger partial charge in [0.2, 0.25) is 5.91 Å². The Kier molecular flexibility index (Phi) is 6.99. The normalized spacial score (nSPS) is 32.0. The largest absolute Gasteiger partial charge is 0.484 e. The van der Waals surface area contributed by atoms with Gasteiger partial charge in [-0.05, 0) is 62.5 Å². The van der Waals surface area contributed by atoms with Gasteiger partial charge in [-0.2, -0.15) is 0 Å². The maximum Gasteiger partial charge on any atom is 0.258 e. The molecule has 9 heteroatoms. The first kappa shape index (κ1) is 22.3. The van der Waals surface area contributed by atoms with Gasteiger partial charge in [-0.1, -0.05) is 11.6 Å². The molecule has 0 bridgehead atoms. The van der Waals surface area contributed by atoms with Crippen LogP contribution in [0.25, 0.3) is 0 Å². The molecule has 3 N–H and O–H groups in total. The predicted molar refractivity (Wildman–Crippen MR) is 113 cm³/mol. The molecule has 1 aromatic rings. The van der Waals surface area contributed by atoms with Crippen LogP contribution in [0.4, 0.5) is 4.39 Å². The van der Waals surface area contributed by atoms with E-state index in [1.165, 1.54) is 12.1 Å². The lowest BCUT2D eigenvalue weighted by Crippen LogP contribution is -2.54. The van der Waals surface area contributed by atoms with Crippen LogP contribution in [0, 0.1) is 17.7 Å². The Morgan fingerprint density at radius 2 is 1.90 bits per heavy atom. The van der Waals surface area contributed by atoms with Gasteiger partial charge in [-0.15, -0.1) is 0 Å². The fraction of sp³-hybridized carbons (Fsp3) is 0.636. The van der Waals surface area contributed by atoms with Crippen LogP contribution in [0.3, 0.4) is 0 Å². The molecule has 2 aliphatic carbocycles. The molecule has 2 amide bonds. The summed E-state index contributed by atoms with van der Waals surface area (Å²) in [5, 5.41) is 9.49. The Labute approximate surface area is 186 Å². The maximum atomic E-state index is 13.5. The highest BCUT2D eigenvalue weighted by Crippen LogP contribution is 2.47. The molecule has 170 valence electrons. The van der Waals surface area contributed by atoms with Crippen molar-refractivity contribution in [3.05, 3.63) is 29.0 Å². The highest BCUT2D eigenvalue weighted by Gasteiger charge is 2.49. The SMILES string of the molecule is COC1CCCC(C(=O)NC2C[C@H](NC(=O)COc3ccc(Cl)c(F)c3)C3CCC23)N1. The number of carbonyl (C=O) groups excluding carboxylic acids is 2. The van der Waals surface area contributed by atoms with Gasteiger partial charge in [0.25, 0.3) is 5.91 Å². The van der Waals surface area contributed by atoms with Crippen molar-refractivity contribution in [2.24, 2.45) is 11.8 Å².